The molecule has 0 aliphatic carbocycles. The standard InChI is InChI=1S/C18H28N4O4/c1-18(2,3)26-17(25)19-6-7-22(11-15(24)12-23)10-13-4-5-14-9-20-21-16(14)8-13/h4-5,8-9,15,23-24H,6-7,10-12H2,1-3H3,(H,19,25)(H,20,21). The fraction of sp³-hybridized carbons (Fsp3) is 0.556. The normalized spacial score (nSPS) is 13.2. The molecule has 0 bridgehead atoms. The number of aromatic nitrogens is 2. The Morgan fingerprint density at radius 1 is 1.42 bits per heavy atom. The van der Waals surface area contributed by atoms with Gasteiger partial charge in [-0.25, -0.2) is 4.79 Å². The lowest BCUT2D eigenvalue weighted by Crippen LogP contribution is -2.40. The highest BCUT2D eigenvalue weighted by Gasteiger charge is 2.17. The molecule has 0 radical (unpaired) electrons. The van der Waals surface area contributed by atoms with Crippen LogP contribution in [0.5, 0.6) is 0 Å². The third-order valence-corrected chi connectivity index (χ3v) is 3.69. The summed E-state index contributed by atoms with van der Waals surface area (Å²) in [6.45, 7) is 6.87. The highest BCUT2D eigenvalue weighted by atomic mass is 16.6. The highest BCUT2D eigenvalue weighted by molar-refractivity contribution is 5.78. The first-order chi connectivity index (χ1) is 12.3. The summed E-state index contributed by atoms with van der Waals surface area (Å²) in [4.78, 5) is 13.7. The molecule has 1 atom stereocenters. The molecular formula is C18H28N4O4. The van der Waals surface area contributed by atoms with Gasteiger partial charge in [0.15, 0.2) is 0 Å². The number of rotatable bonds is 8. The molecule has 0 saturated carbocycles. The molecule has 0 aliphatic heterocycles. The number of alkyl carbamates (subject to hydrolysis) is 1. The summed E-state index contributed by atoms with van der Waals surface area (Å²) < 4.78 is 5.21. The number of aromatic amines is 1. The van der Waals surface area contributed by atoms with Gasteiger partial charge in [0, 0.05) is 31.6 Å². The second-order valence-electron chi connectivity index (χ2n) is 7.29. The van der Waals surface area contributed by atoms with E-state index >= 15 is 0 Å². The topological polar surface area (TPSA) is 111 Å². The number of hydrogen-bond donors (Lipinski definition) is 4. The Labute approximate surface area is 153 Å². The van der Waals surface area contributed by atoms with Gasteiger partial charge >= 0.3 is 6.09 Å². The number of ether oxygens (including phenoxy) is 1. The molecule has 1 heterocycles. The van der Waals surface area contributed by atoms with Crippen molar-refractivity contribution < 1.29 is 19.7 Å². The van der Waals surface area contributed by atoms with Crippen molar-refractivity contribution in [2.45, 2.75) is 39.0 Å². The first-order valence-electron chi connectivity index (χ1n) is 8.67. The zero-order valence-corrected chi connectivity index (χ0v) is 15.5. The summed E-state index contributed by atoms with van der Waals surface area (Å²) in [7, 11) is 0. The van der Waals surface area contributed by atoms with Crippen LogP contribution in [0.1, 0.15) is 26.3 Å². The molecule has 2 aromatic rings. The monoisotopic (exact) mass is 364 g/mol. The number of aliphatic hydroxyl groups excluding tert-OH is 2. The van der Waals surface area contributed by atoms with Crippen molar-refractivity contribution in [3.63, 3.8) is 0 Å². The zero-order chi connectivity index (χ0) is 19.2. The minimum atomic E-state index is -0.840. The van der Waals surface area contributed by atoms with Gasteiger partial charge in [-0.1, -0.05) is 12.1 Å². The quantitative estimate of drug-likeness (QED) is 0.561. The molecule has 1 unspecified atom stereocenters. The minimum absolute atomic E-state index is 0.299. The van der Waals surface area contributed by atoms with Crippen LogP contribution in [0.15, 0.2) is 24.4 Å². The molecule has 0 spiro atoms. The van der Waals surface area contributed by atoms with Crippen LogP contribution >= 0.6 is 0 Å². The van der Waals surface area contributed by atoms with Crippen LogP contribution in [0.2, 0.25) is 0 Å². The molecule has 1 aromatic carbocycles. The summed E-state index contributed by atoms with van der Waals surface area (Å²) in [5.41, 5.74) is 1.44. The van der Waals surface area contributed by atoms with Crippen molar-refractivity contribution in [2.75, 3.05) is 26.2 Å². The van der Waals surface area contributed by atoms with Crippen LogP contribution < -0.4 is 5.32 Å². The van der Waals surface area contributed by atoms with Crippen molar-refractivity contribution in [3.05, 3.63) is 30.0 Å². The van der Waals surface area contributed by atoms with E-state index < -0.39 is 17.8 Å². The van der Waals surface area contributed by atoms with Gasteiger partial charge in [-0.05, 0) is 32.4 Å². The molecule has 2 rings (SSSR count). The fourth-order valence-electron chi connectivity index (χ4n) is 2.56. The lowest BCUT2D eigenvalue weighted by molar-refractivity contribution is 0.0480. The average Bonchev–Trinajstić information content (AvgIpc) is 3.00. The largest absolute Gasteiger partial charge is 0.444 e. The Bertz CT molecular complexity index is 711. The number of H-pyrrole nitrogens is 1. The van der Waals surface area contributed by atoms with Gasteiger partial charge in [0.2, 0.25) is 0 Å². The number of amides is 1. The second kappa shape index (κ2) is 8.98. The van der Waals surface area contributed by atoms with E-state index in [0.29, 0.717) is 26.2 Å². The van der Waals surface area contributed by atoms with Crippen LogP contribution in [0.4, 0.5) is 4.79 Å². The van der Waals surface area contributed by atoms with Gasteiger partial charge < -0.3 is 20.3 Å². The van der Waals surface area contributed by atoms with E-state index in [1.54, 1.807) is 6.20 Å². The Hall–Kier alpha value is -2.16. The van der Waals surface area contributed by atoms with Crippen LogP contribution in [0.25, 0.3) is 10.9 Å². The van der Waals surface area contributed by atoms with Gasteiger partial charge in [-0.3, -0.25) is 10.00 Å². The number of nitrogens with one attached hydrogen (secondary N) is 2. The molecule has 26 heavy (non-hydrogen) atoms. The van der Waals surface area contributed by atoms with Crippen LogP contribution in [-0.4, -0.2) is 69.3 Å². The molecule has 0 aliphatic rings. The zero-order valence-electron chi connectivity index (χ0n) is 15.5. The van der Waals surface area contributed by atoms with E-state index in [0.717, 1.165) is 16.5 Å². The molecule has 0 saturated heterocycles. The molecule has 1 aromatic heterocycles. The van der Waals surface area contributed by atoms with Crippen molar-refractivity contribution in [3.8, 4) is 0 Å². The van der Waals surface area contributed by atoms with E-state index in [4.69, 9.17) is 9.84 Å². The lowest BCUT2D eigenvalue weighted by Gasteiger charge is -2.25. The molecular weight excluding hydrogens is 336 g/mol. The maximum atomic E-state index is 11.7. The first kappa shape index (κ1) is 20.2. The van der Waals surface area contributed by atoms with Crippen molar-refractivity contribution in [1.82, 2.24) is 20.4 Å². The van der Waals surface area contributed by atoms with Crippen molar-refractivity contribution in [2.24, 2.45) is 0 Å². The summed E-state index contributed by atoms with van der Waals surface area (Å²) in [5.74, 6) is 0. The SMILES string of the molecule is CC(C)(C)OC(=O)NCCN(Cc1ccc2cn[nH]c2c1)CC(O)CO. The third kappa shape index (κ3) is 6.62. The maximum absolute atomic E-state index is 11.7. The second-order valence-corrected chi connectivity index (χ2v) is 7.29. The molecule has 8 nitrogen and oxygen atoms in total. The van der Waals surface area contributed by atoms with Crippen LogP contribution in [0, 0.1) is 0 Å². The van der Waals surface area contributed by atoms with Crippen LogP contribution in [0.3, 0.4) is 0 Å². The van der Waals surface area contributed by atoms with Gasteiger partial charge in [0.25, 0.3) is 0 Å². The Morgan fingerprint density at radius 2 is 2.19 bits per heavy atom. The van der Waals surface area contributed by atoms with Crippen LogP contribution in [-0.2, 0) is 11.3 Å². The Kier molecular flexibility index (Phi) is 6.96. The fourth-order valence-corrected chi connectivity index (χ4v) is 2.56. The van der Waals surface area contributed by atoms with Gasteiger partial charge in [-0.15, -0.1) is 0 Å². The number of aliphatic hydroxyl groups is 2. The van der Waals surface area contributed by atoms with Crippen molar-refractivity contribution in [1.29, 1.82) is 0 Å². The molecule has 4 N–H and O–H groups in total. The summed E-state index contributed by atoms with van der Waals surface area (Å²) >= 11 is 0. The number of nitrogens with zero attached hydrogens (tertiary/aromatic N) is 2. The first-order valence-corrected chi connectivity index (χ1v) is 8.67. The lowest BCUT2D eigenvalue weighted by atomic mass is 10.1. The van der Waals surface area contributed by atoms with E-state index in [2.05, 4.69) is 15.5 Å². The summed E-state index contributed by atoms with van der Waals surface area (Å²) in [6.07, 6.45) is 0.448. The summed E-state index contributed by atoms with van der Waals surface area (Å²) in [5, 5.41) is 29.6. The van der Waals surface area contributed by atoms with Gasteiger partial charge in [-0.2, -0.15) is 5.10 Å². The average molecular weight is 364 g/mol. The Balaban J connectivity index is 1.93. The summed E-state index contributed by atoms with van der Waals surface area (Å²) in [6, 6.07) is 5.98. The predicted molar refractivity (Wildman–Crippen MR) is 98.7 cm³/mol. The smallest absolute Gasteiger partial charge is 0.407 e. The molecule has 144 valence electrons. The maximum Gasteiger partial charge on any atom is 0.407 e. The number of benzene rings is 1. The predicted octanol–water partition coefficient (Wildman–Crippen LogP) is 1.24. The van der Waals surface area contributed by atoms with Gasteiger partial charge in [0.1, 0.15) is 5.60 Å². The number of fused-ring (bicyclic) bond motifs is 1. The third-order valence-electron chi connectivity index (χ3n) is 3.69. The molecule has 8 heteroatoms. The van der Waals surface area contributed by atoms with E-state index in [-0.39, 0.29) is 6.61 Å². The van der Waals surface area contributed by atoms with Gasteiger partial charge in [0.05, 0.1) is 24.4 Å². The van der Waals surface area contributed by atoms with E-state index in [1.165, 1.54) is 0 Å². The van der Waals surface area contributed by atoms with Crippen molar-refractivity contribution >= 4 is 17.0 Å². The minimum Gasteiger partial charge on any atom is -0.444 e. The highest BCUT2D eigenvalue weighted by Crippen LogP contribution is 2.14. The molecule has 0 fully saturated rings. The Morgan fingerprint density at radius 3 is 2.88 bits per heavy atom. The number of carbonyl (C=O) groups excluding carboxylic acids is 1. The number of hydrogen-bond acceptors (Lipinski definition) is 6. The molecule has 1 amide bonds. The number of carbonyl (C=O) groups is 1. The van der Waals surface area contributed by atoms with E-state index in [9.17, 15) is 9.90 Å². The van der Waals surface area contributed by atoms with E-state index in [1.807, 2.05) is 43.9 Å².